The van der Waals surface area contributed by atoms with Gasteiger partial charge in [0.2, 0.25) is 5.91 Å². The van der Waals surface area contributed by atoms with Gasteiger partial charge in [0, 0.05) is 30.7 Å². The average Bonchev–Trinajstić information content (AvgIpc) is 2.81. The predicted molar refractivity (Wildman–Crippen MR) is 108 cm³/mol. The molecule has 0 N–H and O–H groups in total. The van der Waals surface area contributed by atoms with Gasteiger partial charge in [0.1, 0.15) is 0 Å². The van der Waals surface area contributed by atoms with Crippen LogP contribution in [0.25, 0.3) is 0 Å². The Morgan fingerprint density at radius 2 is 1.65 bits per heavy atom. The summed E-state index contributed by atoms with van der Waals surface area (Å²) in [6, 6.07) is 8.55. The van der Waals surface area contributed by atoms with E-state index in [-0.39, 0.29) is 24.2 Å². The van der Waals surface area contributed by atoms with Crippen LogP contribution in [0.2, 0.25) is 0 Å². The smallest absolute Gasteiger partial charge is 0.399 e. The molecule has 1 aromatic rings. The summed E-state index contributed by atoms with van der Waals surface area (Å²) in [5, 5.41) is 0. The van der Waals surface area contributed by atoms with Gasteiger partial charge in [-0.1, -0.05) is 12.1 Å². The normalized spacial score (nSPS) is 22.7. The molecule has 0 saturated carbocycles. The number of benzene rings is 1. The lowest BCUT2D eigenvalue weighted by molar-refractivity contribution is -0.130. The summed E-state index contributed by atoms with van der Waals surface area (Å²) in [4.78, 5) is 14.6. The Balaban J connectivity index is 1.51. The molecule has 2 aliphatic heterocycles. The Bertz CT molecular complexity index is 623. The third kappa shape index (κ3) is 4.29. The fourth-order valence-electron chi connectivity index (χ4n) is 3.33. The lowest BCUT2D eigenvalue weighted by Crippen LogP contribution is -2.41. The zero-order chi connectivity index (χ0) is 18.9. The van der Waals surface area contributed by atoms with Gasteiger partial charge in [0.25, 0.3) is 0 Å². The number of carbonyl (C=O) groups excluding carboxylic acids is 1. The highest BCUT2D eigenvalue weighted by Gasteiger charge is 2.51. The molecule has 0 aliphatic carbocycles. The van der Waals surface area contributed by atoms with Crippen LogP contribution in [0.4, 0.5) is 0 Å². The number of amides is 1. The van der Waals surface area contributed by atoms with Gasteiger partial charge < -0.3 is 14.2 Å². The van der Waals surface area contributed by atoms with Gasteiger partial charge in [-0.25, -0.2) is 0 Å². The van der Waals surface area contributed by atoms with Gasteiger partial charge >= 0.3 is 7.12 Å². The molecule has 0 spiro atoms. The zero-order valence-electron chi connectivity index (χ0n) is 16.6. The number of piperidine rings is 1. The number of thioether (sulfide) groups is 1. The van der Waals surface area contributed by atoms with E-state index in [0.717, 1.165) is 37.1 Å². The summed E-state index contributed by atoms with van der Waals surface area (Å²) in [6.07, 6.45) is 2.22. The molecule has 142 valence electrons. The Labute approximate surface area is 162 Å². The van der Waals surface area contributed by atoms with Crippen LogP contribution in [0.15, 0.2) is 29.2 Å². The first kappa shape index (κ1) is 19.8. The Hall–Kier alpha value is -0.975. The highest BCUT2D eigenvalue weighted by atomic mass is 32.2. The fourth-order valence-corrected chi connectivity index (χ4v) is 4.42. The lowest BCUT2D eigenvalue weighted by Gasteiger charge is -2.32. The molecule has 26 heavy (non-hydrogen) atoms. The summed E-state index contributed by atoms with van der Waals surface area (Å²) in [5.41, 5.74) is 0.461. The molecule has 0 radical (unpaired) electrons. The second kappa shape index (κ2) is 7.57. The van der Waals surface area contributed by atoms with Crippen LogP contribution in [0.1, 0.15) is 47.5 Å². The number of carbonyl (C=O) groups is 1. The number of hydrogen-bond acceptors (Lipinski definition) is 4. The van der Waals surface area contributed by atoms with E-state index in [1.54, 1.807) is 6.92 Å². The van der Waals surface area contributed by atoms with E-state index in [9.17, 15) is 4.79 Å². The number of hydrogen-bond donors (Lipinski definition) is 0. The second-order valence-electron chi connectivity index (χ2n) is 8.42. The summed E-state index contributed by atoms with van der Waals surface area (Å²) < 4.78 is 12.2. The molecule has 1 amide bonds. The van der Waals surface area contributed by atoms with Gasteiger partial charge in [-0.05, 0) is 64.1 Å². The lowest BCUT2D eigenvalue weighted by atomic mass is 9.79. The second-order valence-corrected chi connectivity index (χ2v) is 9.51. The van der Waals surface area contributed by atoms with Crippen LogP contribution in [-0.4, -0.2) is 48.0 Å². The van der Waals surface area contributed by atoms with Crippen LogP contribution in [0.3, 0.4) is 0 Å². The van der Waals surface area contributed by atoms with Crippen molar-refractivity contribution in [1.29, 1.82) is 0 Å². The van der Waals surface area contributed by atoms with Gasteiger partial charge in [0.05, 0.1) is 11.2 Å². The van der Waals surface area contributed by atoms with Crippen molar-refractivity contribution in [2.75, 3.05) is 18.8 Å². The SMILES string of the molecule is CC(=O)N1CCC(CSc2ccc(B3OC(C)(C)C(C)(C)O3)cc2)CC1. The maximum absolute atomic E-state index is 11.4. The Kier molecular flexibility index (Phi) is 5.76. The Morgan fingerprint density at radius 1 is 1.12 bits per heavy atom. The first-order valence-electron chi connectivity index (χ1n) is 9.52. The molecule has 0 aromatic heterocycles. The van der Waals surface area contributed by atoms with E-state index < -0.39 is 0 Å². The van der Waals surface area contributed by atoms with E-state index in [0.29, 0.717) is 5.92 Å². The first-order valence-corrected chi connectivity index (χ1v) is 10.5. The summed E-state index contributed by atoms with van der Waals surface area (Å²) in [6.45, 7) is 11.8. The number of likely N-dealkylation sites (tertiary alicyclic amines) is 1. The number of nitrogens with zero attached hydrogens (tertiary/aromatic N) is 1. The molecule has 4 nitrogen and oxygen atoms in total. The third-order valence-electron chi connectivity index (χ3n) is 5.95. The van der Waals surface area contributed by atoms with E-state index in [2.05, 4.69) is 52.0 Å². The molecule has 0 bridgehead atoms. The summed E-state index contributed by atoms with van der Waals surface area (Å²) in [7, 11) is -0.296. The van der Waals surface area contributed by atoms with Crippen molar-refractivity contribution in [3.63, 3.8) is 0 Å². The van der Waals surface area contributed by atoms with Gasteiger partial charge in [0.15, 0.2) is 0 Å². The molecule has 2 aliphatic rings. The molecule has 2 fully saturated rings. The van der Waals surface area contributed by atoms with Crippen LogP contribution in [0, 0.1) is 5.92 Å². The molecule has 1 aromatic carbocycles. The molecule has 0 unspecified atom stereocenters. The van der Waals surface area contributed by atoms with Crippen LogP contribution in [-0.2, 0) is 14.1 Å². The van der Waals surface area contributed by atoms with Gasteiger partial charge in [-0.15, -0.1) is 11.8 Å². The zero-order valence-corrected chi connectivity index (χ0v) is 17.4. The standard InChI is InChI=1S/C20H30BNO3S/c1-15(23)22-12-10-16(11-13-22)14-26-18-8-6-17(7-9-18)21-24-19(2,3)20(4,5)25-21/h6-9,16H,10-14H2,1-5H3. The monoisotopic (exact) mass is 375 g/mol. The minimum atomic E-state index is -0.306. The first-order chi connectivity index (χ1) is 12.2. The topological polar surface area (TPSA) is 38.8 Å². The van der Waals surface area contributed by atoms with Crippen LogP contribution in [0.5, 0.6) is 0 Å². The largest absolute Gasteiger partial charge is 0.494 e. The molecular weight excluding hydrogens is 345 g/mol. The highest BCUT2D eigenvalue weighted by molar-refractivity contribution is 7.99. The predicted octanol–water partition coefficient (Wildman–Crippen LogP) is 3.34. The van der Waals surface area contributed by atoms with Crippen molar-refractivity contribution in [3.8, 4) is 0 Å². The van der Waals surface area contributed by atoms with Crippen molar-refractivity contribution in [2.45, 2.75) is 63.6 Å². The molecule has 2 saturated heterocycles. The van der Waals surface area contributed by atoms with Crippen molar-refractivity contribution in [2.24, 2.45) is 5.92 Å². The molecule has 3 rings (SSSR count). The minimum absolute atomic E-state index is 0.203. The minimum Gasteiger partial charge on any atom is -0.399 e. The van der Waals surface area contributed by atoms with Gasteiger partial charge in [-0.2, -0.15) is 0 Å². The van der Waals surface area contributed by atoms with E-state index in [4.69, 9.17) is 9.31 Å². The van der Waals surface area contributed by atoms with Crippen molar-refractivity contribution in [1.82, 2.24) is 4.90 Å². The van der Waals surface area contributed by atoms with E-state index in [1.165, 1.54) is 4.90 Å². The average molecular weight is 375 g/mol. The maximum atomic E-state index is 11.4. The molecule has 0 atom stereocenters. The van der Waals surface area contributed by atoms with Crippen LogP contribution < -0.4 is 5.46 Å². The maximum Gasteiger partial charge on any atom is 0.494 e. The van der Waals surface area contributed by atoms with Crippen molar-refractivity contribution in [3.05, 3.63) is 24.3 Å². The van der Waals surface area contributed by atoms with Crippen LogP contribution >= 0.6 is 11.8 Å². The summed E-state index contributed by atoms with van der Waals surface area (Å²) in [5.74, 6) is 2.01. The highest BCUT2D eigenvalue weighted by Crippen LogP contribution is 2.36. The molecule has 6 heteroatoms. The Morgan fingerprint density at radius 3 is 2.15 bits per heavy atom. The van der Waals surface area contributed by atoms with Crippen molar-refractivity contribution >= 4 is 30.3 Å². The fraction of sp³-hybridized carbons (Fsp3) is 0.650. The molecule has 2 heterocycles. The summed E-state index contributed by atoms with van der Waals surface area (Å²) >= 11 is 1.90. The quantitative estimate of drug-likeness (QED) is 0.598. The van der Waals surface area contributed by atoms with E-state index >= 15 is 0 Å². The van der Waals surface area contributed by atoms with E-state index in [1.807, 2.05) is 16.7 Å². The third-order valence-corrected chi connectivity index (χ3v) is 7.19. The number of rotatable bonds is 4. The molecular formula is C20H30BNO3S. The van der Waals surface area contributed by atoms with Crippen molar-refractivity contribution < 1.29 is 14.1 Å². The van der Waals surface area contributed by atoms with Gasteiger partial charge in [-0.3, -0.25) is 4.79 Å².